The first kappa shape index (κ1) is 17.1. The molecule has 1 unspecified atom stereocenters. The van der Waals surface area contributed by atoms with Crippen LogP contribution in [0.15, 0.2) is 95.4 Å². The van der Waals surface area contributed by atoms with Crippen molar-refractivity contribution in [2.45, 2.75) is 32.6 Å². The second kappa shape index (κ2) is 6.27. The first-order chi connectivity index (χ1) is 13.7. The summed E-state index contributed by atoms with van der Waals surface area (Å²) in [6.45, 7) is 6.58. The molecule has 1 aliphatic carbocycles. The quantitative estimate of drug-likeness (QED) is 0.622. The molecule has 28 heavy (non-hydrogen) atoms. The highest BCUT2D eigenvalue weighted by Gasteiger charge is 2.50. The first-order valence-corrected chi connectivity index (χ1v) is 10.1. The summed E-state index contributed by atoms with van der Waals surface area (Å²) in [5, 5.41) is 3.77. The SMILES string of the molecule is C/C=C\C1=C(C)[C@@]2(C3=C(Nc4ccccc42)C(C)CC=C3)c2ccccc2O1. The molecule has 2 heteroatoms. The molecular weight excluding hydrogens is 342 g/mol. The molecule has 140 valence electrons. The third kappa shape index (κ3) is 2.15. The van der Waals surface area contributed by atoms with Crippen molar-refractivity contribution >= 4 is 5.69 Å². The van der Waals surface area contributed by atoms with E-state index in [9.17, 15) is 0 Å². The van der Waals surface area contributed by atoms with Crippen LogP contribution >= 0.6 is 0 Å². The Morgan fingerprint density at radius 1 is 1.07 bits per heavy atom. The zero-order chi connectivity index (χ0) is 19.3. The predicted molar refractivity (Wildman–Crippen MR) is 115 cm³/mol. The molecule has 2 atom stereocenters. The summed E-state index contributed by atoms with van der Waals surface area (Å²) in [5.74, 6) is 2.34. The van der Waals surface area contributed by atoms with E-state index in [-0.39, 0.29) is 5.41 Å². The Morgan fingerprint density at radius 3 is 2.64 bits per heavy atom. The van der Waals surface area contributed by atoms with Gasteiger partial charge in [0, 0.05) is 16.9 Å². The zero-order valence-corrected chi connectivity index (χ0v) is 16.6. The van der Waals surface area contributed by atoms with Crippen LogP contribution in [0.3, 0.4) is 0 Å². The number of para-hydroxylation sites is 2. The van der Waals surface area contributed by atoms with E-state index in [4.69, 9.17) is 4.74 Å². The van der Waals surface area contributed by atoms with Gasteiger partial charge < -0.3 is 10.1 Å². The summed E-state index contributed by atoms with van der Waals surface area (Å²) in [4.78, 5) is 0. The third-order valence-electron chi connectivity index (χ3n) is 6.32. The van der Waals surface area contributed by atoms with E-state index in [2.05, 4.69) is 92.0 Å². The van der Waals surface area contributed by atoms with E-state index in [1.807, 2.05) is 6.92 Å². The van der Waals surface area contributed by atoms with Gasteiger partial charge in [-0.1, -0.05) is 61.5 Å². The van der Waals surface area contributed by atoms with Crippen molar-refractivity contribution in [1.82, 2.24) is 0 Å². The molecule has 2 heterocycles. The number of hydrogen-bond donors (Lipinski definition) is 1. The molecule has 0 saturated carbocycles. The lowest BCUT2D eigenvalue weighted by Gasteiger charge is -2.48. The molecule has 3 aliphatic rings. The maximum Gasteiger partial charge on any atom is 0.132 e. The van der Waals surface area contributed by atoms with Gasteiger partial charge in [0.1, 0.15) is 11.5 Å². The second-order valence-electron chi connectivity index (χ2n) is 7.87. The smallest absolute Gasteiger partial charge is 0.132 e. The Balaban J connectivity index is 1.96. The minimum atomic E-state index is -0.341. The molecule has 0 radical (unpaired) electrons. The average Bonchev–Trinajstić information content (AvgIpc) is 2.72. The van der Waals surface area contributed by atoms with Crippen molar-refractivity contribution in [2.24, 2.45) is 5.92 Å². The molecule has 0 aromatic heterocycles. The summed E-state index contributed by atoms with van der Waals surface area (Å²) < 4.78 is 6.36. The van der Waals surface area contributed by atoms with Gasteiger partial charge in [-0.05, 0) is 61.1 Å². The number of anilines is 1. The van der Waals surface area contributed by atoms with Crippen molar-refractivity contribution < 1.29 is 4.74 Å². The van der Waals surface area contributed by atoms with Crippen molar-refractivity contribution in [3.05, 3.63) is 107 Å². The average molecular weight is 367 g/mol. The summed E-state index contributed by atoms with van der Waals surface area (Å²) in [5.41, 5.74) is 7.29. The number of benzene rings is 2. The van der Waals surface area contributed by atoms with E-state index >= 15 is 0 Å². The molecule has 0 saturated heterocycles. The van der Waals surface area contributed by atoms with Crippen LogP contribution in [-0.4, -0.2) is 0 Å². The highest BCUT2D eigenvalue weighted by atomic mass is 16.5. The monoisotopic (exact) mass is 367 g/mol. The number of fused-ring (bicyclic) bond motifs is 5. The Morgan fingerprint density at radius 2 is 1.82 bits per heavy atom. The number of rotatable bonds is 1. The molecule has 2 nitrogen and oxygen atoms in total. The highest BCUT2D eigenvalue weighted by molar-refractivity contribution is 5.78. The lowest BCUT2D eigenvalue weighted by Crippen LogP contribution is -2.41. The summed E-state index contributed by atoms with van der Waals surface area (Å²) >= 11 is 0. The third-order valence-corrected chi connectivity index (χ3v) is 6.32. The van der Waals surface area contributed by atoms with E-state index in [1.54, 1.807) is 0 Å². The Kier molecular flexibility index (Phi) is 3.83. The van der Waals surface area contributed by atoms with Crippen LogP contribution in [0.2, 0.25) is 0 Å². The van der Waals surface area contributed by atoms with Gasteiger partial charge in [-0.2, -0.15) is 0 Å². The summed E-state index contributed by atoms with van der Waals surface area (Å²) in [6.07, 6.45) is 9.86. The number of nitrogens with one attached hydrogen (secondary N) is 1. The van der Waals surface area contributed by atoms with Crippen LogP contribution in [-0.2, 0) is 5.41 Å². The normalized spacial score (nSPS) is 25.3. The summed E-state index contributed by atoms with van der Waals surface area (Å²) in [7, 11) is 0. The van der Waals surface area contributed by atoms with E-state index in [0.717, 1.165) is 17.9 Å². The van der Waals surface area contributed by atoms with Crippen molar-refractivity contribution in [2.75, 3.05) is 5.32 Å². The van der Waals surface area contributed by atoms with Crippen molar-refractivity contribution in [3.8, 4) is 5.75 Å². The fourth-order valence-electron chi connectivity index (χ4n) is 5.04. The standard InChI is InChI=1S/C26H25NO/c1-4-10-23-18(3)26(20-13-6-8-16-24(20)28-23)19-12-5-7-15-22(19)27-25-17(2)11-9-14-21(25)26/h4-10,12-17,27H,11H2,1-3H3/b10-4-/t17?,26-/m0/s1. The van der Waals surface area contributed by atoms with Crippen LogP contribution in [0.25, 0.3) is 0 Å². The lowest BCUT2D eigenvalue weighted by atomic mass is 9.59. The molecular formula is C26H25NO. The molecule has 1 N–H and O–H groups in total. The Labute approximate surface area is 166 Å². The van der Waals surface area contributed by atoms with E-state index < -0.39 is 0 Å². The maximum atomic E-state index is 6.36. The highest BCUT2D eigenvalue weighted by Crippen LogP contribution is 2.58. The number of allylic oxidation sites excluding steroid dienone is 7. The zero-order valence-electron chi connectivity index (χ0n) is 16.6. The van der Waals surface area contributed by atoms with Gasteiger partial charge in [0.25, 0.3) is 0 Å². The van der Waals surface area contributed by atoms with Gasteiger partial charge in [-0.3, -0.25) is 0 Å². The molecule has 0 fully saturated rings. The largest absolute Gasteiger partial charge is 0.457 e. The molecule has 2 aliphatic heterocycles. The fourth-order valence-corrected chi connectivity index (χ4v) is 5.04. The van der Waals surface area contributed by atoms with Gasteiger partial charge in [-0.15, -0.1) is 0 Å². The van der Waals surface area contributed by atoms with Crippen molar-refractivity contribution in [1.29, 1.82) is 0 Å². The van der Waals surface area contributed by atoms with E-state index in [0.29, 0.717) is 5.92 Å². The van der Waals surface area contributed by atoms with Crippen LogP contribution in [0.4, 0.5) is 5.69 Å². The van der Waals surface area contributed by atoms with Crippen molar-refractivity contribution in [3.63, 3.8) is 0 Å². The Hall–Kier alpha value is -3.00. The predicted octanol–water partition coefficient (Wildman–Crippen LogP) is 6.49. The minimum Gasteiger partial charge on any atom is -0.457 e. The van der Waals surface area contributed by atoms with Crippen LogP contribution in [0, 0.1) is 5.92 Å². The fraction of sp³-hybridized carbons (Fsp3) is 0.231. The van der Waals surface area contributed by atoms with Gasteiger partial charge in [0.2, 0.25) is 0 Å². The van der Waals surface area contributed by atoms with Gasteiger partial charge in [-0.25, -0.2) is 0 Å². The second-order valence-corrected chi connectivity index (χ2v) is 7.87. The number of ether oxygens (including phenoxy) is 1. The van der Waals surface area contributed by atoms with Crippen LogP contribution < -0.4 is 10.1 Å². The van der Waals surface area contributed by atoms with Gasteiger partial charge in [0.15, 0.2) is 0 Å². The topological polar surface area (TPSA) is 21.3 Å². The Bertz CT molecular complexity index is 1070. The van der Waals surface area contributed by atoms with Crippen LogP contribution in [0.5, 0.6) is 5.75 Å². The summed E-state index contributed by atoms with van der Waals surface area (Å²) in [6, 6.07) is 17.2. The van der Waals surface area contributed by atoms with E-state index in [1.165, 1.54) is 33.7 Å². The number of hydrogen-bond acceptors (Lipinski definition) is 2. The molecule has 1 spiro atoms. The lowest BCUT2D eigenvalue weighted by molar-refractivity contribution is 0.394. The first-order valence-electron chi connectivity index (χ1n) is 10.1. The molecule has 2 aromatic carbocycles. The molecule has 0 bridgehead atoms. The van der Waals surface area contributed by atoms with Crippen LogP contribution in [0.1, 0.15) is 38.3 Å². The molecule has 2 aromatic rings. The minimum absolute atomic E-state index is 0.341. The molecule has 5 rings (SSSR count). The van der Waals surface area contributed by atoms with Gasteiger partial charge in [0.05, 0.1) is 5.41 Å². The maximum absolute atomic E-state index is 6.36. The molecule has 0 amide bonds. The van der Waals surface area contributed by atoms with Gasteiger partial charge >= 0.3 is 0 Å².